The van der Waals surface area contributed by atoms with Gasteiger partial charge in [-0.1, -0.05) is 23.7 Å². The Morgan fingerprint density at radius 1 is 1.42 bits per heavy atom. The molecule has 0 aliphatic carbocycles. The number of hydrogen-bond acceptors (Lipinski definition) is 4. The van der Waals surface area contributed by atoms with Crippen molar-refractivity contribution in [2.45, 2.75) is 0 Å². The molecule has 0 saturated carbocycles. The fourth-order valence-corrected chi connectivity index (χ4v) is 1.80. The highest BCUT2D eigenvalue weighted by molar-refractivity contribution is 6.35. The van der Waals surface area contributed by atoms with E-state index in [4.69, 9.17) is 27.2 Å². The van der Waals surface area contributed by atoms with Crippen molar-refractivity contribution in [2.24, 2.45) is 0 Å². The molecule has 0 atom stereocenters. The first-order valence-electron chi connectivity index (χ1n) is 5.36. The van der Waals surface area contributed by atoms with Gasteiger partial charge in [0.2, 0.25) is 0 Å². The number of halogens is 1. The number of carboxylic acids is 1. The summed E-state index contributed by atoms with van der Waals surface area (Å²) in [5.74, 6) is -0.578. The van der Waals surface area contributed by atoms with Gasteiger partial charge in [-0.15, -0.1) is 0 Å². The van der Waals surface area contributed by atoms with E-state index >= 15 is 0 Å². The lowest BCUT2D eigenvalue weighted by Crippen LogP contribution is -2.05. The number of nitrogens with two attached hydrogens (primary N) is 1. The van der Waals surface area contributed by atoms with E-state index in [1.54, 1.807) is 31.4 Å². The molecule has 0 bridgehead atoms. The molecule has 2 aromatic rings. The number of carboxylic acid groups (broad SMARTS) is 1. The molecule has 0 fully saturated rings. The summed E-state index contributed by atoms with van der Waals surface area (Å²) in [5, 5.41) is 8.98. The van der Waals surface area contributed by atoms with E-state index in [0.717, 1.165) is 0 Å². The van der Waals surface area contributed by atoms with Gasteiger partial charge in [-0.25, -0.2) is 9.78 Å². The molecule has 2 rings (SSSR count). The third-order valence-electron chi connectivity index (χ3n) is 2.55. The van der Waals surface area contributed by atoms with Gasteiger partial charge < -0.3 is 15.6 Å². The number of aromatic nitrogens is 1. The van der Waals surface area contributed by atoms with Crippen LogP contribution in [0.2, 0.25) is 5.02 Å². The predicted octanol–water partition coefficient (Wildman–Crippen LogP) is 2.69. The van der Waals surface area contributed by atoms with E-state index in [1.807, 2.05) is 0 Å². The summed E-state index contributed by atoms with van der Waals surface area (Å²) < 4.78 is 5.11. The molecule has 0 saturated heterocycles. The summed E-state index contributed by atoms with van der Waals surface area (Å²) in [6.45, 7) is 0. The third-order valence-corrected chi connectivity index (χ3v) is 2.95. The van der Waals surface area contributed by atoms with Gasteiger partial charge in [-0.05, 0) is 18.2 Å². The number of anilines is 1. The highest BCUT2D eigenvalue weighted by Gasteiger charge is 2.16. The van der Waals surface area contributed by atoms with E-state index in [9.17, 15) is 4.79 Å². The predicted molar refractivity (Wildman–Crippen MR) is 72.6 cm³/mol. The van der Waals surface area contributed by atoms with E-state index in [1.165, 1.54) is 6.07 Å². The number of hydrogen-bond donors (Lipinski definition) is 2. The van der Waals surface area contributed by atoms with E-state index in [2.05, 4.69) is 4.98 Å². The Kier molecular flexibility index (Phi) is 3.57. The lowest BCUT2D eigenvalue weighted by atomic mass is 10.1. The molecule has 98 valence electrons. The minimum atomic E-state index is -1.22. The molecule has 0 unspecified atom stereocenters. The second kappa shape index (κ2) is 5.16. The summed E-state index contributed by atoms with van der Waals surface area (Å²) in [4.78, 5) is 15.1. The van der Waals surface area contributed by atoms with E-state index in [-0.39, 0.29) is 16.4 Å². The van der Waals surface area contributed by atoms with Crippen LogP contribution in [-0.2, 0) is 0 Å². The zero-order chi connectivity index (χ0) is 14.0. The van der Waals surface area contributed by atoms with Crippen LogP contribution in [0.3, 0.4) is 0 Å². The molecule has 1 aromatic heterocycles. The first kappa shape index (κ1) is 13.2. The Bertz CT molecular complexity index is 644. The minimum Gasteiger partial charge on any atom is -0.497 e. The van der Waals surface area contributed by atoms with Crippen LogP contribution in [0.15, 0.2) is 30.3 Å². The van der Waals surface area contributed by atoms with Gasteiger partial charge in [0.1, 0.15) is 5.75 Å². The van der Waals surface area contributed by atoms with Crippen LogP contribution in [0, 0.1) is 0 Å². The quantitative estimate of drug-likeness (QED) is 0.901. The molecular weight excluding hydrogens is 268 g/mol. The second-order valence-electron chi connectivity index (χ2n) is 3.80. The van der Waals surface area contributed by atoms with E-state index in [0.29, 0.717) is 17.0 Å². The van der Waals surface area contributed by atoms with Crippen LogP contribution >= 0.6 is 11.6 Å². The van der Waals surface area contributed by atoms with Crippen LogP contribution < -0.4 is 10.5 Å². The molecule has 0 amide bonds. The number of aromatic carboxylic acids is 1. The molecule has 3 N–H and O–H groups in total. The van der Waals surface area contributed by atoms with Gasteiger partial charge in [0, 0.05) is 5.56 Å². The Hall–Kier alpha value is -2.27. The summed E-state index contributed by atoms with van der Waals surface area (Å²) in [5.41, 5.74) is 6.74. The molecule has 0 spiro atoms. The first-order chi connectivity index (χ1) is 9.02. The van der Waals surface area contributed by atoms with E-state index < -0.39 is 5.97 Å². The lowest BCUT2D eigenvalue weighted by molar-refractivity contribution is 0.0691. The number of methoxy groups -OCH3 is 1. The maximum atomic E-state index is 11.1. The van der Waals surface area contributed by atoms with Gasteiger partial charge >= 0.3 is 5.97 Å². The van der Waals surface area contributed by atoms with Crippen LogP contribution in [-0.4, -0.2) is 23.2 Å². The first-order valence-corrected chi connectivity index (χ1v) is 5.74. The molecule has 0 aliphatic rings. The van der Waals surface area contributed by atoms with Crippen LogP contribution in [0.1, 0.15) is 10.5 Å². The minimum absolute atomic E-state index is 0.0563. The topological polar surface area (TPSA) is 85.4 Å². The number of benzene rings is 1. The molecule has 0 aliphatic heterocycles. The lowest BCUT2D eigenvalue weighted by Gasteiger charge is -2.08. The fraction of sp³-hybridized carbons (Fsp3) is 0.0769. The van der Waals surface area contributed by atoms with Crippen molar-refractivity contribution >= 4 is 23.3 Å². The molecule has 1 aromatic carbocycles. The van der Waals surface area contributed by atoms with Gasteiger partial charge in [-0.3, -0.25) is 0 Å². The van der Waals surface area contributed by atoms with Crippen molar-refractivity contribution in [2.75, 3.05) is 12.8 Å². The third kappa shape index (κ3) is 2.61. The summed E-state index contributed by atoms with van der Waals surface area (Å²) in [7, 11) is 1.55. The van der Waals surface area contributed by atoms with Gasteiger partial charge in [-0.2, -0.15) is 0 Å². The number of ether oxygens (including phenoxy) is 1. The standard InChI is InChI=1S/C13H11ClN2O3/c1-19-8-4-2-3-7(5-8)10-6-9(15)11(14)12(16-10)13(17)18/h2-6H,1H3,(H2,15,16)(H,17,18). The van der Waals surface area contributed by atoms with Crippen LogP contribution in [0.25, 0.3) is 11.3 Å². The van der Waals surface area contributed by atoms with Gasteiger partial charge in [0.25, 0.3) is 0 Å². The molecule has 1 heterocycles. The van der Waals surface area contributed by atoms with Crippen molar-refractivity contribution in [3.63, 3.8) is 0 Å². The fourth-order valence-electron chi connectivity index (χ4n) is 1.62. The van der Waals surface area contributed by atoms with Crippen molar-refractivity contribution in [1.82, 2.24) is 4.98 Å². The van der Waals surface area contributed by atoms with Crippen molar-refractivity contribution in [1.29, 1.82) is 0 Å². The Morgan fingerprint density at radius 2 is 2.16 bits per heavy atom. The molecule has 19 heavy (non-hydrogen) atoms. The average molecular weight is 279 g/mol. The summed E-state index contributed by atoms with van der Waals surface area (Å²) >= 11 is 5.81. The Labute approximate surface area is 114 Å². The zero-order valence-electron chi connectivity index (χ0n) is 10.1. The van der Waals surface area contributed by atoms with Crippen LogP contribution in [0.5, 0.6) is 5.75 Å². The molecule has 6 heteroatoms. The van der Waals surface area contributed by atoms with Crippen LogP contribution in [0.4, 0.5) is 5.69 Å². The smallest absolute Gasteiger partial charge is 0.356 e. The largest absolute Gasteiger partial charge is 0.497 e. The summed E-state index contributed by atoms with van der Waals surface area (Å²) in [6, 6.07) is 8.61. The number of rotatable bonds is 3. The monoisotopic (exact) mass is 278 g/mol. The molecule has 0 radical (unpaired) electrons. The normalized spacial score (nSPS) is 10.2. The maximum absolute atomic E-state index is 11.1. The van der Waals surface area contributed by atoms with Crippen molar-refractivity contribution in [3.8, 4) is 17.0 Å². The van der Waals surface area contributed by atoms with Gasteiger partial charge in [0.15, 0.2) is 5.69 Å². The highest BCUT2D eigenvalue weighted by Crippen LogP contribution is 2.29. The molecule has 5 nitrogen and oxygen atoms in total. The zero-order valence-corrected chi connectivity index (χ0v) is 10.8. The second-order valence-corrected chi connectivity index (χ2v) is 4.17. The van der Waals surface area contributed by atoms with Gasteiger partial charge in [0.05, 0.1) is 23.5 Å². The number of nitrogen functional groups attached to an aromatic ring is 1. The molecular formula is C13H11ClN2O3. The Morgan fingerprint density at radius 3 is 2.79 bits per heavy atom. The summed E-state index contributed by atoms with van der Waals surface area (Å²) in [6.07, 6.45) is 0. The average Bonchev–Trinajstić information content (AvgIpc) is 2.41. The maximum Gasteiger partial charge on any atom is 0.356 e. The SMILES string of the molecule is COc1cccc(-c2cc(N)c(Cl)c(C(=O)O)n2)c1. The highest BCUT2D eigenvalue weighted by atomic mass is 35.5. The Balaban J connectivity index is 2.59. The number of carbonyl (C=O) groups is 1. The number of nitrogens with zero attached hydrogens (tertiary/aromatic N) is 1. The number of pyridine rings is 1. The van der Waals surface area contributed by atoms with Crippen molar-refractivity contribution in [3.05, 3.63) is 41.0 Å². The van der Waals surface area contributed by atoms with Crippen molar-refractivity contribution < 1.29 is 14.6 Å².